The highest BCUT2D eigenvalue weighted by molar-refractivity contribution is 5.34. The van der Waals surface area contributed by atoms with Crippen molar-refractivity contribution in [2.24, 2.45) is 0 Å². The summed E-state index contributed by atoms with van der Waals surface area (Å²) in [6.45, 7) is 4.19. The first-order chi connectivity index (χ1) is 8.75. The van der Waals surface area contributed by atoms with Crippen LogP contribution in [-0.2, 0) is 9.47 Å². The second-order valence-corrected chi connectivity index (χ2v) is 4.02. The van der Waals surface area contributed by atoms with Crippen LogP contribution in [0.3, 0.4) is 0 Å². The van der Waals surface area contributed by atoms with Gasteiger partial charge in [-0.1, -0.05) is 18.2 Å². The Bertz CT molecular complexity index is 325. The van der Waals surface area contributed by atoms with E-state index >= 15 is 0 Å². The average Bonchev–Trinajstić information content (AvgIpc) is 2.38. The van der Waals surface area contributed by atoms with Gasteiger partial charge in [0.05, 0.1) is 25.9 Å². The molecule has 1 atom stereocenters. The van der Waals surface area contributed by atoms with Gasteiger partial charge in [-0.2, -0.15) is 0 Å². The van der Waals surface area contributed by atoms with E-state index in [-0.39, 0.29) is 0 Å². The van der Waals surface area contributed by atoms with E-state index in [2.05, 4.69) is 0 Å². The van der Waals surface area contributed by atoms with Crippen LogP contribution in [0.2, 0.25) is 0 Å². The summed E-state index contributed by atoms with van der Waals surface area (Å²) in [7, 11) is 1.65. The molecule has 0 heterocycles. The van der Waals surface area contributed by atoms with E-state index in [1.807, 2.05) is 24.3 Å². The molecule has 0 aromatic heterocycles. The first-order valence-corrected chi connectivity index (χ1v) is 6.22. The van der Waals surface area contributed by atoms with Crippen molar-refractivity contribution >= 4 is 0 Å². The summed E-state index contributed by atoms with van der Waals surface area (Å²) in [6.07, 6.45) is 0.303. The molecule has 1 aromatic rings. The molecule has 1 N–H and O–H groups in total. The number of hydrogen-bond donors (Lipinski definition) is 1. The lowest BCUT2D eigenvalue weighted by atomic mass is 10.1. The summed E-state index contributed by atoms with van der Waals surface area (Å²) in [5.74, 6) is 0.740. The van der Waals surface area contributed by atoms with Gasteiger partial charge in [-0.15, -0.1) is 0 Å². The van der Waals surface area contributed by atoms with Gasteiger partial charge in [0.15, 0.2) is 0 Å². The lowest BCUT2D eigenvalue weighted by molar-refractivity contribution is 0.0642. The van der Waals surface area contributed by atoms with Gasteiger partial charge >= 0.3 is 0 Å². The van der Waals surface area contributed by atoms with Gasteiger partial charge in [0, 0.05) is 25.7 Å². The van der Waals surface area contributed by atoms with Crippen LogP contribution in [0.1, 0.15) is 25.0 Å². The zero-order chi connectivity index (χ0) is 13.2. The van der Waals surface area contributed by atoms with Gasteiger partial charge in [-0.25, -0.2) is 0 Å². The third-order valence-corrected chi connectivity index (χ3v) is 2.49. The van der Waals surface area contributed by atoms with Crippen molar-refractivity contribution in [3.63, 3.8) is 0 Å². The third-order valence-electron chi connectivity index (χ3n) is 2.49. The smallest absolute Gasteiger partial charge is 0.125 e. The van der Waals surface area contributed by atoms with Crippen molar-refractivity contribution in [3.8, 4) is 5.75 Å². The summed E-state index contributed by atoms with van der Waals surface area (Å²) in [5, 5.41) is 9.59. The van der Waals surface area contributed by atoms with E-state index in [0.717, 1.165) is 17.7 Å². The highest BCUT2D eigenvalue weighted by Crippen LogP contribution is 2.24. The molecule has 18 heavy (non-hydrogen) atoms. The van der Waals surface area contributed by atoms with Crippen molar-refractivity contribution in [1.82, 2.24) is 0 Å². The van der Waals surface area contributed by atoms with Crippen LogP contribution in [-0.4, -0.2) is 38.6 Å². The van der Waals surface area contributed by atoms with Crippen LogP contribution < -0.4 is 4.74 Å². The number of methoxy groups -OCH3 is 1. The first-order valence-electron chi connectivity index (χ1n) is 6.22. The van der Waals surface area contributed by atoms with E-state index in [1.54, 1.807) is 14.0 Å². The summed E-state index contributed by atoms with van der Waals surface area (Å²) >= 11 is 0. The minimum Gasteiger partial charge on any atom is -0.493 e. The summed E-state index contributed by atoms with van der Waals surface area (Å²) in [5.41, 5.74) is 0.817. The van der Waals surface area contributed by atoms with Crippen molar-refractivity contribution in [2.45, 2.75) is 19.4 Å². The van der Waals surface area contributed by atoms with Crippen LogP contribution in [0.25, 0.3) is 0 Å². The molecule has 4 nitrogen and oxygen atoms in total. The minimum atomic E-state index is -0.515. The van der Waals surface area contributed by atoms with Gasteiger partial charge in [0.25, 0.3) is 0 Å². The maximum absolute atomic E-state index is 9.59. The fourth-order valence-corrected chi connectivity index (χ4v) is 1.54. The minimum absolute atomic E-state index is 0.515. The molecule has 1 rings (SSSR count). The van der Waals surface area contributed by atoms with Gasteiger partial charge in [0.2, 0.25) is 0 Å². The van der Waals surface area contributed by atoms with E-state index in [4.69, 9.17) is 14.2 Å². The van der Waals surface area contributed by atoms with Crippen molar-refractivity contribution < 1.29 is 19.3 Å². The highest BCUT2D eigenvalue weighted by Gasteiger charge is 2.07. The fraction of sp³-hybridized carbons (Fsp3) is 0.571. The molecule has 1 aromatic carbocycles. The first kappa shape index (κ1) is 15.0. The Hall–Kier alpha value is -1.10. The van der Waals surface area contributed by atoms with Crippen LogP contribution in [0, 0.1) is 0 Å². The third kappa shape index (κ3) is 5.49. The average molecular weight is 254 g/mol. The summed E-state index contributed by atoms with van der Waals surface area (Å²) in [4.78, 5) is 0. The number of para-hydroxylation sites is 1. The molecule has 0 radical (unpaired) electrons. The Morgan fingerprint density at radius 3 is 2.61 bits per heavy atom. The number of rotatable bonds is 9. The molecular formula is C14H22O4. The highest BCUT2D eigenvalue weighted by atomic mass is 16.5. The Morgan fingerprint density at radius 2 is 1.89 bits per heavy atom. The molecule has 0 bridgehead atoms. The predicted octanol–water partition coefficient (Wildman–Crippen LogP) is 2.17. The van der Waals surface area contributed by atoms with Gasteiger partial charge in [0.1, 0.15) is 5.75 Å². The van der Waals surface area contributed by atoms with E-state index in [1.165, 1.54) is 0 Å². The van der Waals surface area contributed by atoms with Crippen LogP contribution >= 0.6 is 0 Å². The molecule has 0 aliphatic heterocycles. The lowest BCUT2D eigenvalue weighted by Gasteiger charge is -2.13. The van der Waals surface area contributed by atoms with Crippen molar-refractivity contribution in [3.05, 3.63) is 29.8 Å². The number of ether oxygens (including phenoxy) is 3. The van der Waals surface area contributed by atoms with Gasteiger partial charge < -0.3 is 19.3 Å². The number of hydrogen-bond acceptors (Lipinski definition) is 4. The Morgan fingerprint density at radius 1 is 1.11 bits per heavy atom. The number of aliphatic hydroxyl groups is 1. The topological polar surface area (TPSA) is 47.9 Å². The molecule has 0 aliphatic rings. The van der Waals surface area contributed by atoms with Crippen LogP contribution in [0.4, 0.5) is 0 Å². The molecule has 102 valence electrons. The molecule has 0 fully saturated rings. The molecule has 0 spiro atoms. The quantitative estimate of drug-likeness (QED) is 0.686. The maximum atomic E-state index is 9.59. The molecule has 0 unspecified atom stereocenters. The second kappa shape index (κ2) is 8.91. The fourth-order valence-electron chi connectivity index (χ4n) is 1.54. The maximum Gasteiger partial charge on any atom is 0.125 e. The monoisotopic (exact) mass is 254 g/mol. The Balaban J connectivity index is 2.23. The van der Waals surface area contributed by atoms with Crippen molar-refractivity contribution in [2.75, 3.05) is 33.5 Å². The van der Waals surface area contributed by atoms with Gasteiger partial charge in [-0.05, 0) is 13.0 Å². The molecular weight excluding hydrogens is 232 g/mol. The molecule has 0 amide bonds. The Kier molecular flexibility index (Phi) is 7.41. The summed E-state index contributed by atoms with van der Waals surface area (Å²) in [6, 6.07) is 7.53. The van der Waals surface area contributed by atoms with E-state index in [0.29, 0.717) is 26.4 Å². The standard InChI is InChI=1S/C14H22O4/c1-12(15)13-6-3-4-7-14(13)18-9-5-8-17-11-10-16-2/h3-4,6-7,12,15H,5,8-11H2,1-2H3/t12-/m0/s1. The SMILES string of the molecule is COCCOCCCOc1ccccc1[C@H](C)O. The molecule has 0 saturated carbocycles. The summed E-state index contributed by atoms with van der Waals surface area (Å²) < 4.78 is 15.8. The molecule has 0 saturated heterocycles. The van der Waals surface area contributed by atoms with Gasteiger partial charge in [-0.3, -0.25) is 0 Å². The zero-order valence-electron chi connectivity index (χ0n) is 11.1. The van der Waals surface area contributed by atoms with E-state index < -0.39 is 6.10 Å². The Labute approximate surface area is 108 Å². The zero-order valence-corrected chi connectivity index (χ0v) is 11.1. The largest absolute Gasteiger partial charge is 0.493 e. The normalized spacial score (nSPS) is 12.4. The van der Waals surface area contributed by atoms with Crippen LogP contribution in [0.15, 0.2) is 24.3 Å². The lowest BCUT2D eigenvalue weighted by Crippen LogP contribution is -2.07. The van der Waals surface area contributed by atoms with Crippen LogP contribution in [0.5, 0.6) is 5.75 Å². The molecule has 4 heteroatoms. The van der Waals surface area contributed by atoms with Crippen molar-refractivity contribution in [1.29, 1.82) is 0 Å². The molecule has 0 aliphatic carbocycles. The number of aliphatic hydroxyl groups excluding tert-OH is 1. The van der Waals surface area contributed by atoms with E-state index in [9.17, 15) is 5.11 Å². The predicted molar refractivity (Wildman–Crippen MR) is 69.9 cm³/mol. The number of benzene rings is 1. The second-order valence-electron chi connectivity index (χ2n) is 4.02.